The van der Waals surface area contributed by atoms with Gasteiger partial charge in [0.05, 0.1) is 19.4 Å². The Hall–Kier alpha value is -2.04. The second kappa shape index (κ2) is 8.29. The highest BCUT2D eigenvalue weighted by molar-refractivity contribution is 5.79. The number of amides is 1. The quantitative estimate of drug-likeness (QED) is 0.798. The SMILES string of the molecule is CC(C)COc1ccc(CC(=O)N(C)CCC(=O)O)cc1. The molecule has 0 aliphatic rings. The predicted octanol–water partition coefficient (Wildman–Crippen LogP) is 2.20. The highest BCUT2D eigenvalue weighted by atomic mass is 16.5. The average molecular weight is 293 g/mol. The van der Waals surface area contributed by atoms with Crippen molar-refractivity contribution in [3.05, 3.63) is 29.8 Å². The maximum absolute atomic E-state index is 11.9. The van der Waals surface area contributed by atoms with Gasteiger partial charge in [0, 0.05) is 13.6 Å². The number of hydrogen-bond acceptors (Lipinski definition) is 3. The van der Waals surface area contributed by atoms with E-state index in [-0.39, 0.29) is 25.3 Å². The number of benzene rings is 1. The van der Waals surface area contributed by atoms with Gasteiger partial charge < -0.3 is 14.7 Å². The van der Waals surface area contributed by atoms with Crippen LogP contribution in [0.25, 0.3) is 0 Å². The minimum absolute atomic E-state index is 0.0375. The summed E-state index contributed by atoms with van der Waals surface area (Å²) < 4.78 is 5.58. The summed E-state index contributed by atoms with van der Waals surface area (Å²) in [7, 11) is 1.62. The molecule has 0 radical (unpaired) electrons. The number of hydrogen-bond donors (Lipinski definition) is 1. The van der Waals surface area contributed by atoms with Crippen LogP contribution in [-0.2, 0) is 16.0 Å². The van der Waals surface area contributed by atoms with E-state index in [1.54, 1.807) is 7.05 Å². The third-order valence-electron chi connectivity index (χ3n) is 2.95. The number of carbonyl (C=O) groups excluding carboxylic acids is 1. The molecular weight excluding hydrogens is 270 g/mol. The number of rotatable bonds is 8. The first-order valence-corrected chi connectivity index (χ1v) is 7.06. The second-order valence-electron chi connectivity index (χ2n) is 5.48. The lowest BCUT2D eigenvalue weighted by Crippen LogP contribution is -2.30. The van der Waals surface area contributed by atoms with Gasteiger partial charge in [-0.3, -0.25) is 9.59 Å². The smallest absolute Gasteiger partial charge is 0.305 e. The summed E-state index contributed by atoms with van der Waals surface area (Å²) in [6, 6.07) is 7.42. The molecule has 0 unspecified atom stereocenters. The van der Waals surface area contributed by atoms with Crippen molar-refractivity contribution in [2.45, 2.75) is 26.7 Å². The van der Waals surface area contributed by atoms with Crippen LogP contribution in [0.4, 0.5) is 0 Å². The van der Waals surface area contributed by atoms with E-state index in [1.807, 2.05) is 24.3 Å². The fourth-order valence-electron chi connectivity index (χ4n) is 1.66. The van der Waals surface area contributed by atoms with E-state index in [1.165, 1.54) is 4.90 Å². The van der Waals surface area contributed by atoms with Crippen molar-refractivity contribution >= 4 is 11.9 Å². The van der Waals surface area contributed by atoms with Gasteiger partial charge in [-0.2, -0.15) is 0 Å². The molecule has 0 aromatic heterocycles. The van der Waals surface area contributed by atoms with Crippen molar-refractivity contribution in [3.8, 4) is 5.75 Å². The van der Waals surface area contributed by atoms with Crippen LogP contribution in [0.3, 0.4) is 0 Å². The van der Waals surface area contributed by atoms with Crippen molar-refractivity contribution < 1.29 is 19.4 Å². The lowest BCUT2D eigenvalue weighted by atomic mass is 10.1. The Labute approximate surface area is 125 Å². The van der Waals surface area contributed by atoms with Gasteiger partial charge in [-0.25, -0.2) is 0 Å². The molecule has 1 aromatic rings. The molecule has 5 heteroatoms. The van der Waals surface area contributed by atoms with Crippen LogP contribution >= 0.6 is 0 Å². The molecule has 1 amide bonds. The molecular formula is C16H23NO4. The highest BCUT2D eigenvalue weighted by Gasteiger charge is 2.11. The lowest BCUT2D eigenvalue weighted by Gasteiger charge is -2.16. The van der Waals surface area contributed by atoms with Gasteiger partial charge in [0.1, 0.15) is 5.75 Å². The zero-order valence-corrected chi connectivity index (χ0v) is 12.8. The molecule has 0 spiro atoms. The number of likely N-dealkylation sites (N-methyl/N-ethyl adjacent to an activating group) is 1. The van der Waals surface area contributed by atoms with E-state index in [2.05, 4.69) is 13.8 Å². The summed E-state index contributed by atoms with van der Waals surface area (Å²) in [4.78, 5) is 23.8. The van der Waals surface area contributed by atoms with Crippen LogP contribution in [0.5, 0.6) is 5.75 Å². The van der Waals surface area contributed by atoms with Gasteiger partial charge in [0.25, 0.3) is 0 Å². The number of carboxylic acids is 1. The third-order valence-corrected chi connectivity index (χ3v) is 2.95. The van der Waals surface area contributed by atoms with E-state index in [0.717, 1.165) is 11.3 Å². The Morgan fingerprint density at radius 2 is 1.86 bits per heavy atom. The number of nitrogens with zero attached hydrogens (tertiary/aromatic N) is 1. The fraction of sp³-hybridized carbons (Fsp3) is 0.500. The number of aliphatic carboxylic acids is 1. The molecule has 1 aromatic carbocycles. The molecule has 0 aliphatic carbocycles. The number of ether oxygens (including phenoxy) is 1. The molecule has 1 rings (SSSR count). The molecule has 1 N–H and O–H groups in total. The Kier molecular flexibility index (Phi) is 6.72. The van der Waals surface area contributed by atoms with Gasteiger partial charge in [0.2, 0.25) is 5.91 Å². The summed E-state index contributed by atoms with van der Waals surface area (Å²) in [6.07, 6.45) is 0.227. The monoisotopic (exact) mass is 293 g/mol. The van der Waals surface area contributed by atoms with Crippen molar-refractivity contribution in [1.29, 1.82) is 0 Å². The maximum Gasteiger partial charge on any atom is 0.305 e. The van der Waals surface area contributed by atoms with Crippen LogP contribution in [0.1, 0.15) is 25.8 Å². The first-order valence-electron chi connectivity index (χ1n) is 7.06. The predicted molar refractivity (Wildman–Crippen MR) is 80.4 cm³/mol. The largest absolute Gasteiger partial charge is 0.493 e. The normalized spacial score (nSPS) is 10.5. The van der Waals surface area contributed by atoms with Crippen molar-refractivity contribution in [2.24, 2.45) is 5.92 Å². The summed E-state index contributed by atoms with van der Waals surface area (Å²) in [5, 5.41) is 8.60. The van der Waals surface area contributed by atoms with Gasteiger partial charge in [-0.05, 0) is 23.6 Å². The molecule has 0 fully saturated rings. The van der Waals surface area contributed by atoms with Crippen LogP contribution in [0.2, 0.25) is 0 Å². The van der Waals surface area contributed by atoms with Crippen molar-refractivity contribution in [1.82, 2.24) is 4.90 Å². The fourth-order valence-corrected chi connectivity index (χ4v) is 1.66. The topological polar surface area (TPSA) is 66.8 Å². The Bertz CT molecular complexity index is 468. The molecule has 0 saturated carbocycles. The van der Waals surface area contributed by atoms with E-state index in [0.29, 0.717) is 12.5 Å². The number of carbonyl (C=O) groups is 2. The minimum atomic E-state index is -0.902. The van der Waals surface area contributed by atoms with Crippen molar-refractivity contribution in [3.63, 3.8) is 0 Å². The van der Waals surface area contributed by atoms with Gasteiger partial charge in [0.15, 0.2) is 0 Å². The zero-order valence-electron chi connectivity index (χ0n) is 12.8. The summed E-state index contributed by atoms with van der Waals surface area (Å²) in [5.74, 6) is 0.265. The van der Waals surface area contributed by atoms with Gasteiger partial charge in [-0.1, -0.05) is 26.0 Å². The first-order chi connectivity index (χ1) is 9.88. The molecule has 116 valence electrons. The van der Waals surface area contributed by atoms with E-state index < -0.39 is 5.97 Å². The molecule has 0 bridgehead atoms. The molecule has 21 heavy (non-hydrogen) atoms. The van der Waals surface area contributed by atoms with Gasteiger partial charge in [-0.15, -0.1) is 0 Å². The average Bonchev–Trinajstić information content (AvgIpc) is 2.43. The van der Waals surface area contributed by atoms with Crippen LogP contribution in [0.15, 0.2) is 24.3 Å². The Morgan fingerprint density at radius 1 is 1.24 bits per heavy atom. The van der Waals surface area contributed by atoms with Crippen LogP contribution in [-0.4, -0.2) is 42.1 Å². The van der Waals surface area contributed by atoms with E-state index in [4.69, 9.17) is 9.84 Å². The molecule has 0 heterocycles. The lowest BCUT2D eigenvalue weighted by molar-refractivity contribution is -0.138. The minimum Gasteiger partial charge on any atom is -0.493 e. The van der Waals surface area contributed by atoms with Crippen LogP contribution < -0.4 is 4.74 Å². The molecule has 0 saturated heterocycles. The van der Waals surface area contributed by atoms with Crippen molar-refractivity contribution in [2.75, 3.05) is 20.2 Å². The Morgan fingerprint density at radius 3 is 2.38 bits per heavy atom. The summed E-state index contributed by atoms with van der Waals surface area (Å²) in [6.45, 7) is 5.06. The van der Waals surface area contributed by atoms with E-state index in [9.17, 15) is 9.59 Å². The summed E-state index contributed by atoms with van der Waals surface area (Å²) >= 11 is 0. The molecule has 0 atom stereocenters. The Balaban J connectivity index is 2.47. The van der Waals surface area contributed by atoms with Gasteiger partial charge >= 0.3 is 5.97 Å². The standard InChI is InChI=1S/C16H23NO4/c1-12(2)11-21-14-6-4-13(5-7-14)10-15(18)17(3)9-8-16(19)20/h4-7,12H,8-11H2,1-3H3,(H,19,20). The zero-order chi connectivity index (χ0) is 15.8. The first kappa shape index (κ1) is 17.0. The second-order valence-corrected chi connectivity index (χ2v) is 5.48. The molecule has 5 nitrogen and oxygen atoms in total. The summed E-state index contributed by atoms with van der Waals surface area (Å²) in [5.41, 5.74) is 0.888. The third kappa shape index (κ3) is 6.79. The maximum atomic E-state index is 11.9. The number of carboxylic acid groups (broad SMARTS) is 1. The van der Waals surface area contributed by atoms with Crippen LogP contribution in [0, 0.1) is 5.92 Å². The molecule has 0 aliphatic heterocycles. The highest BCUT2D eigenvalue weighted by Crippen LogP contribution is 2.14. The van der Waals surface area contributed by atoms with E-state index >= 15 is 0 Å².